The molecule has 6 heteroatoms. The van der Waals surface area contributed by atoms with Crippen LogP contribution in [-0.4, -0.2) is 64.2 Å². The molecule has 6 nitrogen and oxygen atoms in total. The van der Waals surface area contributed by atoms with E-state index in [0.29, 0.717) is 18.8 Å². The van der Waals surface area contributed by atoms with Crippen LogP contribution in [0.4, 0.5) is 5.69 Å². The summed E-state index contributed by atoms with van der Waals surface area (Å²) in [5, 5.41) is 3.13. The van der Waals surface area contributed by atoms with Gasteiger partial charge in [0.25, 0.3) is 5.91 Å². The number of rotatable bonds is 6. The average Bonchev–Trinajstić information content (AvgIpc) is 3.53. The van der Waals surface area contributed by atoms with E-state index in [9.17, 15) is 4.79 Å². The van der Waals surface area contributed by atoms with Crippen molar-refractivity contribution in [3.05, 3.63) is 29.8 Å². The van der Waals surface area contributed by atoms with E-state index in [1.807, 2.05) is 24.3 Å². The first kappa shape index (κ1) is 17.8. The van der Waals surface area contributed by atoms with E-state index < -0.39 is 0 Å². The van der Waals surface area contributed by atoms with Gasteiger partial charge in [-0.05, 0) is 43.4 Å². The Morgan fingerprint density at radius 2 is 2.00 bits per heavy atom. The molecule has 1 amide bonds. The van der Waals surface area contributed by atoms with Crippen LogP contribution in [-0.2, 0) is 14.2 Å². The summed E-state index contributed by atoms with van der Waals surface area (Å²) in [5.41, 5.74) is 1.75. The molecule has 0 spiro atoms. The van der Waals surface area contributed by atoms with Gasteiger partial charge in [0, 0.05) is 37.6 Å². The predicted octanol–water partition coefficient (Wildman–Crippen LogP) is 1.84. The molecule has 0 unspecified atom stereocenters. The minimum atomic E-state index is -0.0814. The van der Waals surface area contributed by atoms with Crippen LogP contribution in [0.1, 0.15) is 29.6 Å². The molecule has 1 aromatic carbocycles. The highest BCUT2D eigenvalue weighted by Crippen LogP contribution is 2.30. The Morgan fingerprint density at radius 1 is 1.15 bits per heavy atom. The number of carbonyl (C=O) groups is 1. The SMILES string of the molecule is O=C(N[C@@H]1COCC[C@@H]1OCC1CC1)c1cccc(N2CCOCC2)c1. The van der Waals surface area contributed by atoms with Crippen molar-refractivity contribution in [3.63, 3.8) is 0 Å². The Morgan fingerprint density at radius 3 is 2.81 bits per heavy atom. The van der Waals surface area contributed by atoms with Gasteiger partial charge in [-0.3, -0.25) is 4.79 Å². The summed E-state index contributed by atoms with van der Waals surface area (Å²) in [6.45, 7) is 5.21. The molecule has 3 aliphatic rings. The fourth-order valence-electron chi connectivity index (χ4n) is 3.51. The second-order valence-electron chi connectivity index (χ2n) is 7.41. The second-order valence-corrected chi connectivity index (χ2v) is 7.41. The highest BCUT2D eigenvalue weighted by atomic mass is 16.5. The molecule has 142 valence electrons. The molecule has 1 aliphatic carbocycles. The van der Waals surface area contributed by atoms with Crippen LogP contribution in [0.5, 0.6) is 0 Å². The van der Waals surface area contributed by atoms with Crippen LogP contribution in [0.3, 0.4) is 0 Å². The minimum absolute atomic E-state index is 0.0516. The monoisotopic (exact) mass is 360 g/mol. The molecular weight excluding hydrogens is 332 g/mol. The molecule has 2 saturated heterocycles. The lowest BCUT2D eigenvalue weighted by atomic mass is 10.1. The molecule has 0 aromatic heterocycles. The third-order valence-electron chi connectivity index (χ3n) is 5.34. The normalized spacial score (nSPS) is 26.5. The van der Waals surface area contributed by atoms with Gasteiger partial charge in [-0.2, -0.15) is 0 Å². The van der Waals surface area contributed by atoms with Crippen molar-refractivity contribution in [1.29, 1.82) is 0 Å². The molecule has 2 aliphatic heterocycles. The van der Waals surface area contributed by atoms with Crippen molar-refractivity contribution in [3.8, 4) is 0 Å². The van der Waals surface area contributed by atoms with Crippen molar-refractivity contribution >= 4 is 11.6 Å². The first-order chi connectivity index (χ1) is 12.8. The number of morpholine rings is 1. The zero-order chi connectivity index (χ0) is 17.8. The Labute approximate surface area is 154 Å². The third-order valence-corrected chi connectivity index (χ3v) is 5.34. The Balaban J connectivity index is 1.38. The summed E-state index contributed by atoms with van der Waals surface area (Å²) in [6.07, 6.45) is 3.44. The summed E-state index contributed by atoms with van der Waals surface area (Å²) in [5.74, 6) is 0.662. The van der Waals surface area contributed by atoms with Gasteiger partial charge in [-0.1, -0.05) is 6.07 Å². The van der Waals surface area contributed by atoms with Crippen molar-refractivity contribution in [2.24, 2.45) is 5.92 Å². The molecule has 26 heavy (non-hydrogen) atoms. The summed E-state index contributed by atoms with van der Waals surface area (Å²) in [7, 11) is 0. The molecule has 0 radical (unpaired) electrons. The van der Waals surface area contributed by atoms with Crippen molar-refractivity contribution in [1.82, 2.24) is 5.32 Å². The number of ether oxygens (including phenoxy) is 3. The molecule has 2 heterocycles. The van der Waals surface area contributed by atoms with Crippen LogP contribution in [0, 0.1) is 5.92 Å². The Bertz CT molecular complexity index is 614. The van der Waals surface area contributed by atoms with Gasteiger partial charge >= 0.3 is 0 Å². The van der Waals surface area contributed by atoms with Crippen LogP contribution < -0.4 is 10.2 Å². The van der Waals surface area contributed by atoms with Crippen LogP contribution in [0.25, 0.3) is 0 Å². The number of nitrogens with one attached hydrogen (secondary N) is 1. The van der Waals surface area contributed by atoms with Crippen LogP contribution in [0.15, 0.2) is 24.3 Å². The van der Waals surface area contributed by atoms with E-state index in [1.165, 1.54) is 12.8 Å². The molecule has 2 atom stereocenters. The minimum Gasteiger partial charge on any atom is -0.379 e. The maximum atomic E-state index is 12.8. The van der Waals surface area contributed by atoms with Gasteiger partial charge in [0.05, 0.1) is 32.0 Å². The number of hydrogen-bond acceptors (Lipinski definition) is 5. The van der Waals surface area contributed by atoms with Gasteiger partial charge < -0.3 is 24.4 Å². The van der Waals surface area contributed by atoms with Crippen molar-refractivity contribution in [2.75, 3.05) is 51.0 Å². The highest BCUT2D eigenvalue weighted by Gasteiger charge is 2.31. The predicted molar refractivity (Wildman–Crippen MR) is 98.6 cm³/mol. The van der Waals surface area contributed by atoms with E-state index in [0.717, 1.165) is 50.9 Å². The summed E-state index contributed by atoms with van der Waals surface area (Å²) < 4.78 is 17.0. The van der Waals surface area contributed by atoms with Gasteiger partial charge in [-0.25, -0.2) is 0 Å². The molecule has 4 rings (SSSR count). The van der Waals surface area contributed by atoms with E-state index >= 15 is 0 Å². The molecule has 3 fully saturated rings. The first-order valence-electron chi connectivity index (χ1n) is 9.72. The van der Waals surface area contributed by atoms with Crippen LogP contribution >= 0.6 is 0 Å². The molecule has 1 N–H and O–H groups in total. The lowest BCUT2D eigenvalue weighted by molar-refractivity contribution is -0.0567. The number of anilines is 1. The highest BCUT2D eigenvalue weighted by molar-refractivity contribution is 5.95. The number of amides is 1. The summed E-state index contributed by atoms with van der Waals surface area (Å²) in [6, 6.07) is 7.74. The lowest BCUT2D eigenvalue weighted by Crippen LogP contribution is -2.50. The van der Waals surface area contributed by atoms with E-state index in [-0.39, 0.29) is 18.1 Å². The maximum absolute atomic E-state index is 12.8. The third kappa shape index (κ3) is 4.55. The number of hydrogen-bond donors (Lipinski definition) is 1. The molecule has 1 aromatic rings. The quantitative estimate of drug-likeness (QED) is 0.839. The zero-order valence-corrected chi connectivity index (χ0v) is 15.2. The first-order valence-corrected chi connectivity index (χ1v) is 9.72. The largest absolute Gasteiger partial charge is 0.379 e. The smallest absolute Gasteiger partial charge is 0.251 e. The van der Waals surface area contributed by atoms with Gasteiger partial charge in [0.2, 0.25) is 0 Å². The van der Waals surface area contributed by atoms with Crippen molar-refractivity contribution < 1.29 is 19.0 Å². The van der Waals surface area contributed by atoms with Gasteiger partial charge in [-0.15, -0.1) is 0 Å². The van der Waals surface area contributed by atoms with Gasteiger partial charge in [0.1, 0.15) is 0 Å². The van der Waals surface area contributed by atoms with E-state index in [1.54, 1.807) is 0 Å². The molecule has 1 saturated carbocycles. The molecule has 0 bridgehead atoms. The average molecular weight is 360 g/mol. The topological polar surface area (TPSA) is 60.0 Å². The van der Waals surface area contributed by atoms with Crippen LogP contribution in [0.2, 0.25) is 0 Å². The second kappa shape index (κ2) is 8.37. The standard InChI is InChI=1S/C20H28N2O4/c23-20(16-2-1-3-17(12-16)22-7-10-24-11-8-22)21-18-14-25-9-6-19(18)26-13-15-4-5-15/h1-3,12,15,18-19H,4-11,13-14H2,(H,21,23)/t18-,19+/m1/s1. The zero-order valence-electron chi connectivity index (χ0n) is 15.2. The lowest BCUT2D eigenvalue weighted by Gasteiger charge is -2.32. The number of nitrogens with zero attached hydrogens (tertiary/aromatic N) is 1. The van der Waals surface area contributed by atoms with E-state index in [4.69, 9.17) is 14.2 Å². The Kier molecular flexibility index (Phi) is 5.72. The summed E-state index contributed by atoms with van der Waals surface area (Å²) >= 11 is 0. The maximum Gasteiger partial charge on any atom is 0.251 e. The van der Waals surface area contributed by atoms with Crippen molar-refractivity contribution in [2.45, 2.75) is 31.4 Å². The number of benzene rings is 1. The Hall–Kier alpha value is -1.63. The summed E-state index contributed by atoms with van der Waals surface area (Å²) in [4.78, 5) is 15.0. The number of carbonyl (C=O) groups excluding carboxylic acids is 1. The fourth-order valence-corrected chi connectivity index (χ4v) is 3.51. The fraction of sp³-hybridized carbons (Fsp3) is 0.650. The van der Waals surface area contributed by atoms with Gasteiger partial charge in [0.15, 0.2) is 0 Å². The molecular formula is C20H28N2O4. The van der Waals surface area contributed by atoms with E-state index in [2.05, 4.69) is 10.2 Å².